The van der Waals surface area contributed by atoms with Crippen molar-refractivity contribution in [2.24, 2.45) is 4.99 Å². The van der Waals surface area contributed by atoms with Gasteiger partial charge in [0.05, 0.1) is 0 Å². The zero-order valence-electron chi connectivity index (χ0n) is 8.58. The molecule has 0 heterocycles. The van der Waals surface area contributed by atoms with Crippen LogP contribution in [0.5, 0.6) is 0 Å². The Labute approximate surface area is 80.1 Å². The summed E-state index contributed by atoms with van der Waals surface area (Å²) < 4.78 is 0. The third-order valence-electron chi connectivity index (χ3n) is 1.41. The van der Waals surface area contributed by atoms with E-state index in [1.807, 2.05) is 45.1 Å². The summed E-state index contributed by atoms with van der Waals surface area (Å²) in [5.74, 6) is -0.0369. The van der Waals surface area contributed by atoms with Gasteiger partial charge in [0, 0.05) is 12.1 Å². The molecular formula is C11H17NO. The van der Waals surface area contributed by atoms with E-state index in [1.165, 1.54) is 0 Å². The van der Waals surface area contributed by atoms with E-state index in [4.69, 9.17) is 0 Å². The van der Waals surface area contributed by atoms with Crippen molar-refractivity contribution < 1.29 is 4.79 Å². The van der Waals surface area contributed by atoms with Gasteiger partial charge in [0.2, 0.25) is 5.91 Å². The molecular weight excluding hydrogens is 162 g/mol. The highest BCUT2D eigenvalue weighted by Crippen LogP contribution is 1.92. The standard InChI is InChI=1S/C11H17NO/c1-4-6-7-9-10(3)12-11(13)8-5-2/h4,6-7,9H,5,8H2,1-3H3/b6-4-,9-7-,12-10?. The van der Waals surface area contributed by atoms with Crippen LogP contribution in [0.1, 0.15) is 33.6 Å². The summed E-state index contributed by atoms with van der Waals surface area (Å²) in [5.41, 5.74) is 0.761. The molecule has 0 spiro atoms. The summed E-state index contributed by atoms with van der Waals surface area (Å²) in [6.45, 7) is 5.74. The minimum absolute atomic E-state index is 0.0369. The summed E-state index contributed by atoms with van der Waals surface area (Å²) in [5, 5.41) is 0. The predicted octanol–water partition coefficient (Wildman–Crippen LogP) is 2.91. The summed E-state index contributed by atoms with van der Waals surface area (Å²) in [6.07, 6.45) is 8.93. The van der Waals surface area contributed by atoms with Gasteiger partial charge >= 0.3 is 0 Å². The lowest BCUT2D eigenvalue weighted by Crippen LogP contribution is -1.96. The first-order valence-corrected chi connectivity index (χ1v) is 4.58. The van der Waals surface area contributed by atoms with Crippen LogP contribution in [0.4, 0.5) is 0 Å². The number of rotatable bonds is 4. The lowest BCUT2D eigenvalue weighted by molar-refractivity contribution is -0.117. The van der Waals surface area contributed by atoms with E-state index < -0.39 is 0 Å². The first-order valence-electron chi connectivity index (χ1n) is 4.58. The van der Waals surface area contributed by atoms with Gasteiger partial charge in [-0.2, -0.15) is 0 Å². The van der Waals surface area contributed by atoms with Gasteiger partial charge in [0.15, 0.2) is 0 Å². The Morgan fingerprint density at radius 1 is 1.38 bits per heavy atom. The minimum atomic E-state index is -0.0369. The van der Waals surface area contributed by atoms with Crippen molar-refractivity contribution in [3.63, 3.8) is 0 Å². The zero-order valence-corrected chi connectivity index (χ0v) is 8.58. The van der Waals surface area contributed by atoms with Crippen molar-refractivity contribution in [3.05, 3.63) is 24.3 Å². The van der Waals surface area contributed by atoms with Crippen molar-refractivity contribution in [2.45, 2.75) is 33.6 Å². The van der Waals surface area contributed by atoms with E-state index in [0.29, 0.717) is 6.42 Å². The van der Waals surface area contributed by atoms with E-state index in [-0.39, 0.29) is 5.91 Å². The topological polar surface area (TPSA) is 29.4 Å². The number of amides is 1. The van der Waals surface area contributed by atoms with Crippen LogP contribution in [0.25, 0.3) is 0 Å². The van der Waals surface area contributed by atoms with Gasteiger partial charge in [-0.1, -0.05) is 25.2 Å². The smallest absolute Gasteiger partial charge is 0.245 e. The second kappa shape index (κ2) is 7.47. The first-order chi connectivity index (χ1) is 6.20. The lowest BCUT2D eigenvalue weighted by atomic mass is 10.3. The zero-order chi connectivity index (χ0) is 10.1. The Bertz CT molecular complexity index is 236. The summed E-state index contributed by atoms with van der Waals surface area (Å²) in [6, 6.07) is 0. The second-order valence-electron chi connectivity index (χ2n) is 2.78. The van der Waals surface area contributed by atoms with Crippen LogP contribution in [-0.2, 0) is 4.79 Å². The fourth-order valence-electron chi connectivity index (χ4n) is 0.810. The molecule has 0 N–H and O–H groups in total. The van der Waals surface area contributed by atoms with Crippen LogP contribution in [-0.4, -0.2) is 11.6 Å². The largest absolute Gasteiger partial charge is 0.273 e. The Morgan fingerprint density at radius 3 is 2.62 bits per heavy atom. The van der Waals surface area contributed by atoms with Crippen molar-refractivity contribution in [2.75, 3.05) is 0 Å². The summed E-state index contributed by atoms with van der Waals surface area (Å²) in [7, 11) is 0. The van der Waals surface area contributed by atoms with Crippen LogP contribution in [0, 0.1) is 0 Å². The van der Waals surface area contributed by atoms with Gasteiger partial charge in [-0.3, -0.25) is 4.79 Å². The third kappa shape index (κ3) is 7.19. The summed E-state index contributed by atoms with van der Waals surface area (Å²) in [4.78, 5) is 14.9. The highest BCUT2D eigenvalue weighted by Gasteiger charge is 1.95. The first kappa shape index (κ1) is 11.8. The molecule has 0 atom stereocenters. The van der Waals surface area contributed by atoms with Gasteiger partial charge < -0.3 is 0 Å². The Balaban J connectivity index is 4.08. The van der Waals surface area contributed by atoms with Crippen LogP contribution in [0.15, 0.2) is 29.3 Å². The van der Waals surface area contributed by atoms with Gasteiger partial charge in [-0.25, -0.2) is 4.99 Å². The molecule has 0 unspecified atom stereocenters. The maximum atomic E-state index is 11.0. The van der Waals surface area contributed by atoms with Crippen LogP contribution < -0.4 is 0 Å². The molecule has 0 aliphatic heterocycles. The van der Waals surface area contributed by atoms with Crippen LogP contribution >= 0.6 is 0 Å². The Morgan fingerprint density at radius 2 is 2.08 bits per heavy atom. The average molecular weight is 179 g/mol. The molecule has 72 valence electrons. The molecule has 2 heteroatoms. The molecule has 2 nitrogen and oxygen atoms in total. The Kier molecular flexibility index (Phi) is 6.79. The number of carbonyl (C=O) groups excluding carboxylic acids is 1. The second-order valence-corrected chi connectivity index (χ2v) is 2.78. The molecule has 0 aliphatic carbocycles. The van der Waals surface area contributed by atoms with Crippen molar-refractivity contribution in [3.8, 4) is 0 Å². The number of nitrogens with zero attached hydrogens (tertiary/aromatic N) is 1. The van der Waals surface area contributed by atoms with E-state index in [1.54, 1.807) is 0 Å². The van der Waals surface area contributed by atoms with Gasteiger partial charge in [-0.05, 0) is 26.3 Å². The van der Waals surface area contributed by atoms with Gasteiger partial charge in [0.1, 0.15) is 0 Å². The predicted molar refractivity (Wildman–Crippen MR) is 57.0 cm³/mol. The molecule has 0 radical (unpaired) electrons. The van der Waals surface area contributed by atoms with E-state index >= 15 is 0 Å². The molecule has 0 fully saturated rings. The van der Waals surface area contributed by atoms with E-state index in [2.05, 4.69) is 4.99 Å². The highest BCUT2D eigenvalue weighted by molar-refractivity contribution is 6.00. The lowest BCUT2D eigenvalue weighted by Gasteiger charge is -1.91. The maximum absolute atomic E-state index is 11.0. The van der Waals surface area contributed by atoms with Crippen molar-refractivity contribution >= 4 is 11.6 Å². The molecule has 0 bridgehead atoms. The quantitative estimate of drug-likeness (QED) is 0.482. The van der Waals surface area contributed by atoms with E-state index in [0.717, 1.165) is 12.1 Å². The van der Waals surface area contributed by atoms with Gasteiger partial charge in [0.25, 0.3) is 0 Å². The highest BCUT2D eigenvalue weighted by atomic mass is 16.1. The van der Waals surface area contributed by atoms with Gasteiger partial charge in [-0.15, -0.1) is 0 Å². The number of hydrogen-bond acceptors (Lipinski definition) is 1. The molecule has 0 aromatic rings. The van der Waals surface area contributed by atoms with Crippen LogP contribution in [0.2, 0.25) is 0 Å². The van der Waals surface area contributed by atoms with Crippen molar-refractivity contribution in [1.82, 2.24) is 0 Å². The fourth-order valence-corrected chi connectivity index (χ4v) is 0.810. The Hall–Kier alpha value is -1.18. The molecule has 0 aliphatic rings. The monoisotopic (exact) mass is 179 g/mol. The molecule has 0 saturated heterocycles. The molecule has 1 amide bonds. The molecule has 0 aromatic heterocycles. The number of carbonyl (C=O) groups is 1. The van der Waals surface area contributed by atoms with E-state index in [9.17, 15) is 4.79 Å². The fraction of sp³-hybridized carbons (Fsp3) is 0.455. The minimum Gasteiger partial charge on any atom is -0.273 e. The molecule has 13 heavy (non-hydrogen) atoms. The summed E-state index contributed by atoms with van der Waals surface area (Å²) >= 11 is 0. The molecule has 0 saturated carbocycles. The molecule has 0 rings (SSSR count). The van der Waals surface area contributed by atoms with Crippen LogP contribution in [0.3, 0.4) is 0 Å². The third-order valence-corrected chi connectivity index (χ3v) is 1.41. The number of allylic oxidation sites excluding steroid dienone is 4. The normalized spacial score (nSPS) is 13.0. The average Bonchev–Trinajstić information content (AvgIpc) is 2.05. The molecule has 0 aromatic carbocycles. The SMILES string of the molecule is C/C=C\C=C/C(C)=NC(=O)CCC. The van der Waals surface area contributed by atoms with Crippen molar-refractivity contribution in [1.29, 1.82) is 0 Å². The number of hydrogen-bond donors (Lipinski definition) is 0. The number of aliphatic imine (C=N–C) groups is 1. The maximum Gasteiger partial charge on any atom is 0.245 e.